The van der Waals surface area contributed by atoms with Crippen LogP contribution < -0.4 is 9.47 Å². The van der Waals surface area contributed by atoms with E-state index in [1.807, 2.05) is 54.6 Å². The number of thioether (sulfide) groups is 1. The van der Waals surface area contributed by atoms with Crippen molar-refractivity contribution in [1.82, 2.24) is 4.98 Å². The quantitative estimate of drug-likeness (QED) is 0.366. The molecule has 0 atom stereocenters. The van der Waals surface area contributed by atoms with Gasteiger partial charge in [0.05, 0.1) is 37.8 Å². The van der Waals surface area contributed by atoms with Crippen LogP contribution in [0.15, 0.2) is 59.6 Å². The SMILES string of the molecule is CCOC(=O)CSc1nc(-c2ccc(OC)cc2)cc(-c2ccc(OC)cc2)c1C#N. The number of benzene rings is 2. The summed E-state index contributed by atoms with van der Waals surface area (Å²) in [7, 11) is 3.22. The smallest absolute Gasteiger partial charge is 0.316 e. The average Bonchev–Trinajstić information content (AvgIpc) is 2.82. The van der Waals surface area contributed by atoms with Gasteiger partial charge in [-0.25, -0.2) is 4.98 Å². The predicted molar refractivity (Wildman–Crippen MR) is 120 cm³/mol. The Hall–Kier alpha value is -3.50. The molecule has 0 saturated heterocycles. The monoisotopic (exact) mass is 434 g/mol. The van der Waals surface area contributed by atoms with Gasteiger partial charge in [-0.3, -0.25) is 4.79 Å². The average molecular weight is 435 g/mol. The molecule has 0 radical (unpaired) electrons. The van der Waals surface area contributed by atoms with Crippen LogP contribution in [-0.2, 0) is 9.53 Å². The highest BCUT2D eigenvalue weighted by Gasteiger charge is 2.17. The number of hydrogen-bond acceptors (Lipinski definition) is 7. The van der Waals surface area contributed by atoms with Crippen LogP contribution in [0.2, 0.25) is 0 Å². The summed E-state index contributed by atoms with van der Waals surface area (Å²) in [5.41, 5.74) is 3.57. The van der Waals surface area contributed by atoms with Crippen LogP contribution in [-0.4, -0.2) is 37.5 Å². The van der Waals surface area contributed by atoms with E-state index in [0.29, 0.717) is 22.9 Å². The molecule has 3 aromatic rings. The van der Waals surface area contributed by atoms with Gasteiger partial charge in [0.1, 0.15) is 22.6 Å². The van der Waals surface area contributed by atoms with Gasteiger partial charge in [0.2, 0.25) is 0 Å². The van der Waals surface area contributed by atoms with Crippen LogP contribution in [0.5, 0.6) is 11.5 Å². The van der Waals surface area contributed by atoms with E-state index in [-0.39, 0.29) is 11.7 Å². The first-order valence-electron chi connectivity index (χ1n) is 9.62. The van der Waals surface area contributed by atoms with Gasteiger partial charge in [-0.05, 0) is 55.0 Å². The van der Waals surface area contributed by atoms with Crippen molar-refractivity contribution in [2.24, 2.45) is 0 Å². The Bertz CT molecular complexity index is 1090. The number of pyridine rings is 1. The lowest BCUT2D eigenvalue weighted by Crippen LogP contribution is -2.07. The third kappa shape index (κ3) is 5.36. The number of hydrogen-bond donors (Lipinski definition) is 0. The van der Waals surface area contributed by atoms with Crippen molar-refractivity contribution in [2.75, 3.05) is 26.6 Å². The summed E-state index contributed by atoms with van der Waals surface area (Å²) >= 11 is 1.20. The molecule has 0 aliphatic heterocycles. The third-order valence-electron chi connectivity index (χ3n) is 4.52. The first-order valence-corrected chi connectivity index (χ1v) is 10.6. The zero-order valence-corrected chi connectivity index (χ0v) is 18.4. The van der Waals surface area contributed by atoms with Crippen LogP contribution in [0.25, 0.3) is 22.4 Å². The minimum atomic E-state index is -0.348. The van der Waals surface area contributed by atoms with E-state index < -0.39 is 0 Å². The van der Waals surface area contributed by atoms with Gasteiger partial charge in [-0.15, -0.1) is 0 Å². The maximum atomic E-state index is 11.9. The Morgan fingerprint density at radius 3 is 2.10 bits per heavy atom. The van der Waals surface area contributed by atoms with Crippen molar-refractivity contribution in [1.29, 1.82) is 5.26 Å². The van der Waals surface area contributed by atoms with E-state index in [0.717, 1.165) is 28.2 Å². The third-order valence-corrected chi connectivity index (χ3v) is 5.47. The first-order chi connectivity index (χ1) is 15.1. The zero-order valence-electron chi connectivity index (χ0n) is 17.5. The minimum Gasteiger partial charge on any atom is -0.497 e. The fourth-order valence-electron chi connectivity index (χ4n) is 2.97. The van der Waals surface area contributed by atoms with E-state index in [1.165, 1.54) is 11.8 Å². The normalized spacial score (nSPS) is 10.3. The highest BCUT2D eigenvalue weighted by Crippen LogP contribution is 2.35. The summed E-state index contributed by atoms with van der Waals surface area (Å²) in [6.07, 6.45) is 0. The van der Waals surface area contributed by atoms with Crippen molar-refractivity contribution in [3.63, 3.8) is 0 Å². The summed E-state index contributed by atoms with van der Waals surface area (Å²) in [6, 6.07) is 19.1. The number of carbonyl (C=O) groups excluding carboxylic acids is 1. The Balaban J connectivity index is 2.10. The zero-order chi connectivity index (χ0) is 22.2. The van der Waals surface area contributed by atoms with Crippen molar-refractivity contribution in [2.45, 2.75) is 11.9 Å². The van der Waals surface area contributed by atoms with Gasteiger partial charge in [0, 0.05) is 11.1 Å². The number of nitrogens with zero attached hydrogens (tertiary/aromatic N) is 2. The van der Waals surface area contributed by atoms with Crippen LogP contribution >= 0.6 is 11.8 Å². The number of nitriles is 1. The maximum Gasteiger partial charge on any atom is 0.316 e. The lowest BCUT2D eigenvalue weighted by Gasteiger charge is -2.13. The van der Waals surface area contributed by atoms with Crippen LogP contribution in [0.3, 0.4) is 0 Å². The molecule has 0 fully saturated rings. The lowest BCUT2D eigenvalue weighted by molar-refractivity contribution is -0.139. The fourth-order valence-corrected chi connectivity index (χ4v) is 3.77. The molecule has 2 aromatic carbocycles. The molecular formula is C24H22N2O4S. The topological polar surface area (TPSA) is 81.4 Å². The highest BCUT2D eigenvalue weighted by atomic mass is 32.2. The van der Waals surface area contributed by atoms with Gasteiger partial charge in [-0.2, -0.15) is 5.26 Å². The molecule has 0 N–H and O–H groups in total. The number of aromatic nitrogens is 1. The number of ether oxygens (including phenoxy) is 3. The molecule has 0 aliphatic rings. The van der Waals surface area contributed by atoms with Crippen LogP contribution in [0.4, 0.5) is 0 Å². The largest absolute Gasteiger partial charge is 0.497 e. The molecule has 7 heteroatoms. The second-order valence-corrected chi connectivity index (χ2v) is 7.36. The molecule has 3 rings (SSSR count). The van der Waals surface area contributed by atoms with Gasteiger partial charge in [-0.1, -0.05) is 23.9 Å². The standard InChI is InChI=1S/C24H22N2O4S/c1-4-30-23(27)15-31-24-21(14-25)20(16-5-9-18(28-2)10-6-16)13-22(26-24)17-7-11-19(29-3)12-8-17/h5-13H,4,15H2,1-3H3. The Kier molecular flexibility index (Phi) is 7.52. The number of methoxy groups -OCH3 is 2. The van der Waals surface area contributed by atoms with Gasteiger partial charge in [0.15, 0.2) is 0 Å². The second-order valence-electron chi connectivity index (χ2n) is 6.40. The maximum absolute atomic E-state index is 11.9. The molecule has 0 spiro atoms. The Morgan fingerprint density at radius 2 is 1.58 bits per heavy atom. The van der Waals surface area contributed by atoms with E-state index >= 15 is 0 Å². The highest BCUT2D eigenvalue weighted by molar-refractivity contribution is 7.99. The summed E-state index contributed by atoms with van der Waals surface area (Å²) < 4.78 is 15.5. The van der Waals surface area contributed by atoms with Gasteiger partial charge >= 0.3 is 5.97 Å². The van der Waals surface area contributed by atoms with Crippen LogP contribution in [0, 0.1) is 11.3 Å². The second kappa shape index (κ2) is 10.5. The Labute approximate surface area is 185 Å². The molecule has 6 nitrogen and oxygen atoms in total. The molecule has 0 amide bonds. The number of esters is 1. The molecule has 0 bridgehead atoms. The van der Waals surface area contributed by atoms with E-state index in [1.54, 1.807) is 21.1 Å². The molecule has 31 heavy (non-hydrogen) atoms. The molecule has 0 aliphatic carbocycles. The molecule has 158 valence electrons. The van der Waals surface area contributed by atoms with Crippen LogP contribution in [0.1, 0.15) is 12.5 Å². The van der Waals surface area contributed by atoms with Crippen molar-refractivity contribution in [3.05, 3.63) is 60.2 Å². The van der Waals surface area contributed by atoms with Gasteiger partial charge < -0.3 is 14.2 Å². The van der Waals surface area contributed by atoms with Crippen molar-refractivity contribution in [3.8, 4) is 40.0 Å². The molecular weight excluding hydrogens is 412 g/mol. The van der Waals surface area contributed by atoms with Gasteiger partial charge in [0.25, 0.3) is 0 Å². The lowest BCUT2D eigenvalue weighted by atomic mass is 9.99. The predicted octanol–water partition coefficient (Wildman–Crippen LogP) is 4.96. The summed E-state index contributed by atoms with van der Waals surface area (Å²) in [4.78, 5) is 16.6. The van der Waals surface area contributed by atoms with E-state index in [4.69, 9.17) is 14.2 Å². The first kappa shape index (κ1) is 22.2. The summed E-state index contributed by atoms with van der Waals surface area (Å²) in [6.45, 7) is 2.06. The van der Waals surface area contributed by atoms with Crippen molar-refractivity contribution < 1.29 is 19.0 Å². The summed E-state index contributed by atoms with van der Waals surface area (Å²) in [5, 5.41) is 10.4. The van der Waals surface area contributed by atoms with Crippen molar-refractivity contribution >= 4 is 17.7 Å². The fraction of sp³-hybridized carbons (Fsp3) is 0.208. The molecule has 1 heterocycles. The molecule has 0 saturated carbocycles. The summed E-state index contributed by atoms with van der Waals surface area (Å²) in [5.74, 6) is 1.19. The minimum absolute atomic E-state index is 0.0731. The number of rotatable bonds is 8. The van der Waals surface area contributed by atoms with E-state index in [2.05, 4.69) is 11.1 Å². The molecule has 0 unspecified atom stereocenters. The Morgan fingerprint density at radius 1 is 1.00 bits per heavy atom. The van der Waals surface area contributed by atoms with E-state index in [9.17, 15) is 10.1 Å². The molecule has 1 aromatic heterocycles. The number of carbonyl (C=O) groups is 1.